The number of halogens is 1. The van der Waals surface area contributed by atoms with Crippen LogP contribution in [0.15, 0.2) is 42.5 Å². The van der Waals surface area contributed by atoms with Crippen molar-refractivity contribution in [2.24, 2.45) is 0 Å². The van der Waals surface area contributed by atoms with Gasteiger partial charge in [0.05, 0.1) is 25.2 Å². The van der Waals surface area contributed by atoms with Crippen LogP contribution in [0.3, 0.4) is 0 Å². The number of hydrogen-bond donors (Lipinski definition) is 0. The topological polar surface area (TPSA) is 79.6 Å². The summed E-state index contributed by atoms with van der Waals surface area (Å²) in [6.07, 6.45) is 0.150. The molecule has 1 amide bonds. The molecule has 0 bridgehead atoms. The number of methoxy groups -OCH3 is 1. The minimum atomic E-state index is -0.630. The number of nitrogens with zero attached hydrogens (tertiary/aromatic N) is 2. The highest BCUT2D eigenvalue weighted by Crippen LogP contribution is 2.23. The van der Waals surface area contributed by atoms with Crippen molar-refractivity contribution in [2.45, 2.75) is 13.3 Å². The number of hydrogen-bond acceptors (Lipinski definition) is 5. The van der Waals surface area contributed by atoms with Crippen molar-refractivity contribution in [3.05, 3.63) is 58.6 Å². The number of esters is 1. The molecule has 2 aromatic rings. The van der Waals surface area contributed by atoms with E-state index in [2.05, 4.69) is 0 Å². The van der Waals surface area contributed by atoms with Crippen LogP contribution >= 0.6 is 11.6 Å². The van der Waals surface area contributed by atoms with Crippen LogP contribution < -0.4 is 9.64 Å². The Morgan fingerprint density at radius 2 is 2.00 bits per heavy atom. The van der Waals surface area contributed by atoms with E-state index in [0.29, 0.717) is 16.5 Å². The van der Waals surface area contributed by atoms with E-state index in [1.54, 1.807) is 36.4 Å². The Morgan fingerprint density at radius 1 is 1.22 bits per heavy atom. The van der Waals surface area contributed by atoms with Gasteiger partial charge in [0.1, 0.15) is 5.75 Å². The number of benzene rings is 2. The van der Waals surface area contributed by atoms with Gasteiger partial charge >= 0.3 is 5.97 Å². The Hall–Kier alpha value is -3.04. The molecule has 6 nitrogen and oxygen atoms in total. The van der Waals surface area contributed by atoms with E-state index >= 15 is 0 Å². The van der Waals surface area contributed by atoms with Crippen LogP contribution in [0.2, 0.25) is 5.02 Å². The summed E-state index contributed by atoms with van der Waals surface area (Å²) >= 11 is 6.03. The zero-order valence-electron chi connectivity index (χ0n) is 15.1. The van der Waals surface area contributed by atoms with E-state index in [-0.39, 0.29) is 18.5 Å². The van der Waals surface area contributed by atoms with Crippen molar-refractivity contribution in [2.75, 3.05) is 25.2 Å². The highest BCUT2D eigenvalue weighted by Gasteiger charge is 2.19. The average molecular weight is 387 g/mol. The van der Waals surface area contributed by atoms with Crippen molar-refractivity contribution in [3.8, 4) is 11.8 Å². The fourth-order valence-electron chi connectivity index (χ4n) is 2.39. The summed E-state index contributed by atoms with van der Waals surface area (Å²) < 4.78 is 10.2. The number of amides is 1. The lowest BCUT2D eigenvalue weighted by Gasteiger charge is -2.22. The fourth-order valence-corrected chi connectivity index (χ4v) is 2.51. The zero-order chi connectivity index (χ0) is 19.8. The van der Waals surface area contributed by atoms with Gasteiger partial charge in [-0.05, 0) is 48.9 Å². The fraction of sp³-hybridized carbons (Fsp3) is 0.250. The lowest BCUT2D eigenvalue weighted by molar-refractivity contribution is -0.121. The van der Waals surface area contributed by atoms with Gasteiger partial charge < -0.3 is 14.4 Å². The van der Waals surface area contributed by atoms with Gasteiger partial charge in [0.2, 0.25) is 0 Å². The van der Waals surface area contributed by atoms with Crippen molar-refractivity contribution in [1.29, 1.82) is 5.26 Å². The van der Waals surface area contributed by atoms with Crippen molar-refractivity contribution >= 4 is 29.2 Å². The van der Waals surface area contributed by atoms with Gasteiger partial charge in [-0.2, -0.15) is 5.26 Å². The molecule has 0 unspecified atom stereocenters. The van der Waals surface area contributed by atoms with Gasteiger partial charge in [-0.25, -0.2) is 4.79 Å². The maximum atomic E-state index is 12.6. The molecule has 0 saturated heterocycles. The molecule has 0 N–H and O–H groups in total. The third-order valence-corrected chi connectivity index (χ3v) is 4.26. The predicted molar refractivity (Wildman–Crippen MR) is 102 cm³/mol. The smallest absolute Gasteiger partial charge is 0.338 e. The summed E-state index contributed by atoms with van der Waals surface area (Å²) in [6.45, 7) is 1.57. The molecule has 0 fully saturated rings. The highest BCUT2D eigenvalue weighted by atomic mass is 35.5. The van der Waals surface area contributed by atoms with Crippen LogP contribution in [0.5, 0.6) is 5.75 Å². The quantitative estimate of drug-likeness (QED) is 0.677. The van der Waals surface area contributed by atoms with Crippen LogP contribution in [-0.2, 0) is 9.53 Å². The number of aryl methyl sites for hydroxylation is 1. The summed E-state index contributed by atoms with van der Waals surface area (Å²) in [4.78, 5) is 26.2. The molecule has 7 heteroatoms. The normalized spacial score (nSPS) is 10.0. The van der Waals surface area contributed by atoms with Gasteiger partial charge in [0, 0.05) is 17.3 Å². The lowest BCUT2D eigenvalue weighted by atomic mass is 10.2. The Labute approximate surface area is 162 Å². The number of carbonyl (C=O) groups is 2. The number of carbonyl (C=O) groups excluding carboxylic acids is 2. The monoisotopic (exact) mass is 386 g/mol. The summed E-state index contributed by atoms with van der Waals surface area (Å²) in [6, 6.07) is 13.6. The first-order valence-electron chi connectivity index (χ1n) is 8.21. The Kier molecular flexibility index (Phi) is 7.21. The minimum absolute atomic E-state index is 0.150. The minimum Gasteiger partial charge on any atom is -0.497 e. The van der Waals surface area contributed by atoms with Gasteiger partial charge in [0.25, 0.3) is 5.91 Å². The molecule has 2 rings (SSSR count). The molecule has 2 aromatic carbocycles. The predicted octanol–water partition coefficient (Wildman–Crippen LogP) is 3.76. The molecular formula is C20H19ClN2O4. The van der Waals surface area contributed by atoms with Crippen molar-refractivity contribution in [1.82, 2.24) is 0 Å². The number of nitriles is 1. The van der Waals surface area contributed by atoms with Gasteiger partial charge in [-0.15, -0.1) is 0 Å². The third-order valence-electron chi connectivity index (χ3n) is 3.83. The first-order valence-corrected chi connectivity index (χ1v) is 8.58. The molecule has 0 aliphatic carbocycles. The Bertz CT molecular complexity index is 877. The van der Waals surface area contributed by atoms with Crippen LogP contribution in [0.1, 0.15) is 22.3 Å². The molecular weight excluding hydrogens is 368 g/mol. The molecule has 0 saturated carbocycles. The van der Waals surface area contributed by atoms with Crippen molar-refractivity contribution in [3.63, 3.8) is 0 Å². The Morgan fingerprint density at radius 3 is 2.67 bits per heavy atom. The molecule has 0 aliphatic rings. The molecule has 27 heavy (non-hydrogen) atoms. The summed E-state index contributed by atoms with van der Waals surface area (Å²) in [5.41, 5.74) is 1.68. The maximum absolute atomic E-state index is 12.6. The first kappa shape index (κ1) is 20.3. The van der Waals surface area contributed by atoms with Crippen molar-refractivity contribution < 1.29 is 19.1 Å². The van der Waals surface area contributed by atoms with Crippen LogP contribution in [0.4, 0.5) is 5.69 Å². The third kappa shape index (κ3) is 5.47. The molecule has 0 atom stereocenters. The first-order chi connectivity index (χ1) is 13.0. The number of ether oxygens (including phenoxy) is 2. The average Bonchev–Trinajstić information content (AvgIpc) is 2.69. The second-order valence-electron chi connectivity index (χ2n) is 5.70. The molecule has 0 heterocycles. The molecule has 0 spiro atoms. The molecule has 140 valence electrons. The number of rotatable bonds is 7. The zero-order valence-corrected chi connectivity index (χ0v) is 15.8. The second-order valence-corrected chi connectivity index (χ2v) is 6.10. The van der Waals surface area contributed by atoms with E-state index in [4.69, 9.17) is 26.3 Å². The van der Waals surface area contributed by atoms with E-state index < -0.39 is 18.5 Å². The van der Waals surface area contributed by atoms with Gasteiger partial charge in [0.15, 0.2) is 6.61 Å². The summed E-state index contributed by atoms with van der Waals surface area (Å²) in [5.74, 6) is -0.541. The largest absolute Gasteiger partial charge is 0.497 e. The van der Waals surface area contributed by atoms with Crippen LogP contribution in [0.25, 0.3) is 0 Å². The highest BCUT2D eigenvalue weighted by molar-refractivity contribution is 6.31. The maximum Gasteiger partial charge on any atom is 0.338 e. The van der Waals surface area contributed by atoms with E-state index in [1.807, 2.05) is 13.0 Å². The second kappa shape index (κ2) is 9.60. The summed E-state index contributed by atoms with van der Waals surface area (Å²) in [5, 5.41) is 9.43. The van der Waals surface area contributed by atoms with E-state index in [0.717, 1.165) is 5.56 Å². The molecule has 0 aromatic heterocycles. The molecule has 0 aliphatic heterocycles. The van der Waals surface area contributed by atoms with E-state index in [1.165, 1.54) is 18.1 Å². The van der Waals surface area contributed by atoms with Gasteiger partial charge in [-0.1, -0.05) is 17.7 Å². The van der Waals surface area contributed by atoms with Gasteiger partial charge in [-0.3, -0.25) is 4.79 Å². The van der Waals surface area contributed by atoms with E-state index in [9.17, 15) is 9.59 Å². The Balaban J connectivity index is 2.09. The van der Waals surface area contributed by atoms with Crippen LogP contribution in [0, 0.1) is 18.3 Å². The standard InChI is InChI=1S/C20H19ClN2O4/c1-14-11-16(7-8-18(14)21)23(10-4-9-22)19(24)13-27-20(25)15-5-3-6-17(12-15)26-2/h3,5-8,11-12H,4,10,13H2,1-2H3. The number of anilines is 1. The lowest BCUT2D eigenvalue weighted by Crippen LogP contribution is -2.35. The SMILES string of the molecule is COc1cccc(C(=O)OCC(=O)N(CCC#N)c2ccc(Cl)c(C)c2)c1. The summed E-state index contributed by atoms with van der Waals surface area (Å²) in [7, 11) is 1.50. The molecule has 0 radical (unpaired) electrons. The van der Waals surface area contributed by atoms with Crippen LogP contribution in [-0.4, -0.2) is 32.1 Å².